The fraction of sp³-hybridized carbons (Fsp3) is 0.0870. The lowest BCUT2D eigenvalue weighted by Crippen LogP contribution is -1.99. The standard InChI is InChI=1S/C23H16BrFN2O4/c1-30-22-11-16(10-17(13-26)19-7-2-3-8-21(19)25)20(24)12-23(22)31-14-15-5-4-6-18(9-15)27(28)29/h2-12H,14H2,1H3. The molecule has 0 radical (unpaired) electrons. The van der Waals surface area contributed by atoms with E-state index >= 15 is 0 Å². The minimum atomic E-state index is -0.490. The van der Waals surface area contributed by atoms with E-state index in [1.165, 1.54) is 31.4 Å². The molecule has 0 amide bonds. The first-order valence-corrected chi connectivity index (χ1v) is 9.82. The maximum absolute atomic E-state index is 14.1. The van der Waals surface area contributed by atoms with E-state index in [0.717, 1.165) is 0 Å². The summed E-state index contributed by atoms with van der Waals surface area (Å²) < 4.78 is 25.9. The molecule has 0 N–H and O–H groups in total. The number of benzene rings is 3. The van der Waals surface area contributed by atoms with Gasteiger partial charge in [-0.2, -0.15) is 5.26 Å². The third-order valence-corrected chi connectivity index (χ3v) is 5.07. The van der Waals surface area contributed by atoms with Gasteiger partial charge >= 0.3 is 0 Å². The van der Waals surface area contributed by atoms with Gasteiger partial charge in [-0.1, -0.05) is 46.3 Å². The number of nitro benzene ring substituents is 1. The van der Waals surface area contributed by atoms with Crippen molar-refractivity contribution in [2.24, 2.45) is 0 Å². The highest BCUT2D eigenvalue weighted by Crippen LogP contribution is 2.36. The summed E-state index contributed by atoms with van der Waals surface area (Å²) in [6.07, 6.45) is 1.55. The molecule has 0 aromatic heterocycles. The van der Waals surface area contributed by atoms with Crippen LogP contribution in [0.4, 0.5) is 10.1 Å². The molecule has 31 heavy (non-hydrogen) atoms. The number of rotatable bonds is 7. The van der Waals surface area contributed by atoms with Crippen LogP contribution in [0.1, 0.15) is 16.7 Å². The fourth-order valence-electron chi connectivity index (χ4n) is 2.86. The van der Waals surface area contributed by atoms with Crippen LogP contribution in [0.2, 0.25) is 0 Å². The number of ether oxygens (including phenoxy) is 2. The molecule has 0 aliphatic carbocycles. The Labute approximate surface area is 186 Å². The van der Waals surface area contributed by atoms with Crippen molar-refractivity contribution in [1.82, 2.24) is 0 Å². The lowest BCUT2D eigenvalue weighted by atomic mass is 10.0. The number of methoxy groups -OCH3 is 1. The highest BCUT2D eigenvalue weighted by atomic mass is 79.9. The predicted molar refractivity (Wildman–Crippen MR) is 118 cm³/mol. The van der Waals surface area contributed by atoms with E-state index in [1.807, 2.05) is 6.07 Å². The summed E-state index contributed by atoms with van der Waals surface area (Å²) in [5.41, 5.74) is 1.56. The van der Waals surface area contributed by atoms with Crippen molar-refractivity contribution in [3.63, 3.8) is 0 Å². The Morgan fingerprint density at radius 1 is 1.19 bits per heavy atom. The molecule has 0 bridgehead atoms. The Kier molecular flexibility index (Phi) is 7.00. The van der Waals surface area contributed by atoms with Crippen molar-refractivity contribution < 1.29 is 18.8 Å². The molecular formula is C23H16BrFN2O4. The number of hydrogen-bond acceptors (Lipinski definition) is 5. The van der Waals surface area contributed by atoms with Crippen LogP contribution in [0.25, 0.3) is 11.6 Å². The summed E-state index contributed by atoms with van der Waals surface area (Å²) in [5.74, 6) is 0.309. The molecule has 0 atom stereocenters. The fourth-order valence-corrected chi connectivity index (χ4v) is 3.30. The molecule has 3 aromatic rings. The number of halogens is 2. The van der Waals surface area contributed by atoms with Crippen LogP contribution in [0, 0.1) is 27.3 Å². The Balaban J connectivity index is 1.90. The van der Waals surface area contributed by atoms with Crippen LogP contribution in [-0.2, 0) is 6.61 Å². The van der Waals surface area contributed by atoms with Crippen LogP contribution < -0.4 is 9.47 Å². The summed E-state index contributed by atoms with van der Waals surface area (Å²) in [6, 6.07) is 17.5. The number of hydrogen-bond donors (Lipinski definition) is 0. The van der Waals surface area contributed by atoms with Crippen molar-refractivity contribution in [3.05, 3.63) is 97.8 Å². The van der Waals surface area contributed by atoms with Gasteiger partial charge in [0, 0.05) is 22.2 Å². The zero-order valence-corrected chi connectivity index (χ0v) is 17.9. The molecule has 0 unspecified atom stereocenters. The van der Waals surface area contributed by atoms with Gasteiger partial charge < -0.3 is 9.47 Å². The van der Waals surface area contributed by atoms with Crippen LogP contribution in [0.3, 0.4) is 0 Å². The first-order valence-electron chi connectivity index (χ1n) is 9.03. The molecule has 8 heteroatoms. The van der Waals surface area contributed by atoms with Crippen LogP contribution >= 0.6 is 15.9 Å². The summed E-state index contributed by atoms with van der Waals surface area (Å²) in [4.78, 5) is 10.5. The largest absolute Gasteiger partial charge is 0.493 e. The minimum absolute atomic E-state index is 0.0214. The van der Waals surface area contributed by atoms with Gasteiger partial charge in [0.15, 0.2) is 11.5 Å². The van der Waals surface area contributed by atoms with Crippen molar-refractivity contribution >= 4 is 33.3 Å². The first kappa shape index (κ1) is 22.0. The van der Waals surface area contributed by atoms with Crippen molar-refractivity contribution in [1.29, 1.82) is 5.26 Å². The van der Waals surface area contributed by atoms with Crippen LogP contribution in [-0.4, -0.2) is 12.0 Å². The van der Waals surface area contributed by atoms with Gasteiger partial charge in [-0.3, -0.25) is 10.1 Å². The maximum Gasteiger partial charge on any atom is 0.269 e. The maximum atomic E-state index is 14.1. The summed E-state index contributed by atoms with van der Waals surface area (Å²) >= 11 is 3.44. The minimum Gasteiger partial charge on any atom is -0.493 e. The third kappa shape index (κ3) is 5.27. The van der Waals surface area contributed by atoms with Gasteiger partial charge in [-0.15, -0.1) is 0 Å². The zero-order chi connectivity index (χ0) is 22.4. The Morgan fingerprint density at radius 2 is 1.97 bits per heavy atom. The van der Waals surface area contributed by atoms with Gasteiger partial charge in [0.25, 0.3) is 5.69 Å². The highest BCUT2D eigenvalue weighted by Gasteiger charge is 2.13. The van der Waals surface area contributed by atoms with Crippen LogP contribution in [0.5, 0.6) is 11.5 Å². The Bertz CT molecular complexity index is 1200. The summed E-state index contributed by atoms with van der Waals surface area (Å²) in [6.45, 7) is 0.0956. The first-order chi connectivity index (χ1) is 14.9. The highest BCUT2D eigenvalue weighted by molar-refractivity contribution is 9.10. The lowest BCUT2D eigenvalue weighted by molar-refractivity contribution is -0.384. The van der Waals surface area contributed by atoms with E-state index in [9.17, 15) is 19.8 Å². The Morgan fingerprint density at radius 3 is 2.65 bits per heavy atom. The second-order valence-electron chi connectivity index (χ2n) is 6.39. The molecular weight excluding hydrogens is 467 g/mol. The van der Waals surface area contributed by atoms with Gasteiger partial charge in [0.2, 0.25) is 0 Å². The van der Waals surface area contributed by atoms with E-state index in [-0.39, 0.29) is 23.4 Å². The quantitative estimate of drug-likeness (QED) is 0.174. The zero-order valence-electron chi connectivity index (χ0n) is 16.3. The topological polar surface area (TPSA) is 85.4 Å². The Hall–Kier alpha value is -3.70. The third-order valence-electron chi connectivity index (χ3n) is 4.38. The second-order valence-corrected chi connectivity index (χ2v) is 7.24. The van der Waals surface area contributed by atoms with Gasteiger partial charge in [-0.05, 0) is 35.4 Å². The summed E-state index contributed by atoms with van der Waals surface area (Å²) in [5, 5.41) is 20.4. The van der Waals surface area contributed by atoms with E-state index in [4.69, 9.17) is 9.47 Å². The lowest BCUT2D eigenvalue weighted by Gasteiger charge is -2.13. The monoisotopic (exact) mass is 482 g/mol. The molecule has 6 nitrogen and oxygen atoms in total. The molecule has 0 aliphatic rings. The van der Waals surface area contributed by atoms with Crippen molar-refractivity contribution in [3.8, 4) is 17.6 Å². The molecule has 0 saturated heterocycles. The normalized spacial score (nSPS) is 11.0. The molecule has 0 heterocycles. The molecule has 0 aliphatic heterocycles. The number of non-ortho nitro benzene ring substituents is 1. The van der Waals surface area contributed by atoms with E-state index in [1.54, 1.807) is 42.5 Å². The second kappa shape index (κ2) is 9.87. The molecule has 3 aromatic carbocycles. The number of nitriles is 1. The summed E-state index contributed by atoms with van der Waals surface area (Å²) in [7, 11) is 1.47. The average Bonchev–Trinajstić information content (AvgIpc) is 2.77. The van der Waals surface area contributed by atoms with E-state index < -0.39 is 10.7 Å². The van der Waals surface area contributed by atoms with Crippen molar-refractivity contribution in [2.45, 2.75) is 6.61 Å². The average molecular weight is 483 g/mol. The number of nitrogens with zero attached hydrogens (tertiary/aromatic N) is 2. The predicted octanol–water partition coefficient (Wildman–Crippen LogP) is 6.15. The smallest absolute Gasteiger partial charge is 0.269 e. The molecule has 3 rings (SSSR count). The van der Waals surface area contributed by atoms with E-state index in [2.05, 4.69) is 15.9 Å². The molecule has 0 fully saturated rings. The van der Waals surface area contributed by atoms with Crippen molar-refractivity contribution in [2.75, 3.05) is 7.11 Å². The molecule has 156 valence electrons. The number of allylic oxidation sites excluding steroid dienone is 1. The van der Waals surface area contributed by atoms with Crippen LogP contribution in [0.15, 0.2) is 65.1 Å². The van der Waals surface area contributed by atoms with E-state index in [0.29, 0.717) is 27.1 Å². The van der Waals surface area contributed by atoms with Gasteiger partial charge in [0.1, 0.15) is 12.4 Å². The van der Waals surface area contributed by atoms with Gasteiger partial charge in [0.05, 0.1) is 23.7 Å². The number of nitro groups is 1. The molecule has 0 spiro atoms. The van der Waals surface area contributed by atoms with Gasteiger partial charge in [-0.25, -0.2) is 4.39 Å². The molecule has 0 saturated carbocycles. The SMILES string of the molecule is COc1cc(C=C(C#N)c2ccccc2F)c(Br)cc1OCc1cccc([N+](=O)[O-])c1.